The Bertz CT molecular complexity index is 1210. The average molecular weight is 507 g/mol. The zero-order valence-corrected chi connectivity index (χ0v) is 22.3. The van der Waals surface area contributed by atoms with Gasteiger partial charge in [0.2, 0.25) is 5.95 Å². The summed E-state index contributed by atoms with van der Waals surface area (Å²) in [5.41, 5.74) is 3.30. The summed E-state index contributed by atoms with van der Waals surface area (Å²) in [5.74, 6) is 0.540. The standard InChI is InChI=1S/C27H38N8O2/c1-27(2,3)37-26(36)34-13-5-7-22(34)19-28-23-8-6-14-35-24(23)30-25(31-35)29-20-9-11-21(12-10-20)33-17-15-32(4)16-18-33/h6,8-12,14,22,28H,5,7,13,15-19H2,1-4H3,(H,29,31). The molecule has 2 aliphatic rings. The molecule has 2 aliphatic heterocycles. The first-order valence-electron chi connectivity index (χ1n) is 13.1. The predicted octanol–water partition coefficient (Wildman–Crippen LogP) is 4.04. The molecule has 10 nitrogen and oxygen atoms in total. The highest BCUT2D eigenvalue weighted by molar-refractivity contribution is 5.71. The molecule has 37 heavy (non-hydrogen) atoms. The van der Waals surface area contributed by atoms with Gasteiger partial charge < -0.3 is 30.1 Å². The summed E-state index contributed by atoms with van der Waals surface area (Å²) in [4.78, 5) is 24.0. The molecule has 1 atom stereocenters. The van der Waals surface area contributed by atoms with Crippen LogP contribution in [0.3, 0.4) is 0 Å². The van der Waals surface area contributed by atoms with E-state index in [-0.39, 0.29) is 12.1 Å². The number of benzene rings is 1. The van der Waals surface area contributed by atoms with Gasteiger partial charge >= 0.3 is 6.09 Å². The van der Waals surface area contributed by atoms with Gasteiger partial charge in [0.15, 0.2) is 5.65 Å². The number of nitrogens with one attached hydrogen (secondary N) is 2. The zero-order valence-electron chi connectivity index (χ0n) is 22.3. The van der Waals surface area contributed by atoms with Crippen molar-refractivity contribution in [1.82, 2.24) is 24.4 Å². The van der Waals surface area contributed by atoms with Gasteiger partial charge in [-0.15, -0.1) is 5.10 Å². The molecule has 5 rings (SSSR count). The molecule has 2 saturated heterocycles. The number of piperazine rings is 1. The van der Waals surface area contributed by atoms with Crippen LogP contribution in [0.4, 0.5) is 27.8 Å². The Morgan fingerprint density at radius 3 is 2.57 bits per heavy atom. The van der Waals surface area contributed by atoms with Gasteiger partial charge in [0.05, 0.1) is 11.7 Å². The number of nitrogens with zero attached hydrogens (tertiary/aromatic N) is 6. The van der Waals surface area contributed by atoms with Crippen LogP contribution in [-0.2, 0) is 4.74 Å². The second kappa shape index (κ2) is 10.5. The number of rotatable bonds is 6. The maximum absolute atomic E-state index is 12.6. The molecule has 1 unspecified atom stereocenters. The molecule has 1 amide bonds. The molecule has 2 N–H and O–H groups in total. The van der Waals surface area contributed by atoms with Crippen LogP contribution in [-0.4, -0.2) is 88.5 Å². The van der Waals surface area contributed by atoms with Gasteiger partial charge in [0.25, 0.3) is 0 Å². The third-order valence-electron chi connectivity index (χ3n) is 6.89. The number of fused-ring (bicyclic) bond motifs is 1. The quantitative estimate of drug-likeness (QED) is 0.518. The lowest BCUT2D eigenvalue weighted by molar-refractivity contribution is 0.0235. The smallest absolute Gasteiger partial charge is 0.410 e. The number of likely N-dealkylation sites (N-methyl/N-ethyl adjacent to an activating group) is 1. The van der Waals surface area contributed by atoms with Gasteiger partial charge in [-0.1, -0.05) is 0 Å². The Morgan fingerprint density at radius 2 is 1.84 bits per heavy atom. The van der Waals surface area contributed by atoms with E-state index < -0.39 is 5.60 Å². The number of carbonyl (C=O) groups excluding carboxylic acids is 1. The fraction of sp³-hybridized carbons (Fsp3) is 0.519. The molecule has 0 spiro atoms. The molecule has 0 radical (unpaired) electrons. The maximum Gasteiger partial charge on any atom is 0.410 e. The van der Waals surface area contributed by atoms with E-state index in [2.05, 4.69) is 56.8 Å². The van der Waals surface area contributed by atoms with E-state index in [4.69, 9.17) is 9.72 Å². The number of ether oxygens (including phenoxy) is 1. The van der Waals surface area contributed by atoms with Crippen molar-refractivity contribution in [2.75, 3.05) is 61.8 Å². The predicted molar refractivity (Wildman–Crippen MR) is 147 cm³/mol. The molecular weight excluding hydrogens is 468 g/mol. The van der Waals surface area contributed by atoms with Crippen LogP contribution in [0.25, 0.3) is 5.65 Å². The van der Waals surface area contributed by atoms with Crippen molar-refractivity contribution in [1.29, 1.82) is 0 Å². The second-order valence-electron chi connectivity index (χ2n) is 10.9. The lowest BCUT2D eigenvalue weighted by Gasteiger charge is -2.34. The van der Waals surface area contributed by atoms with Crippen LogP contribution < -0.4 is 15.5 Å². The Labute approximate surface area is 218 Å². The molecule has 4 heterocycles. The summed E-state index contributed by atoms with van der Waals surface area (Å²) in [6.45, 7) is 11.3. The monoisotopic (exact) mass is 506 g/mol. The molecule has 0 bridgehead atoms. The number of aromatic nitrogens is 3. The Hall–Kier alpha value is -3.53. The number of hydrogen-bond acceptors (Lipinski definition) is 8. The Kier molecular flexibility index (Phi) is 7.10. The van der Waals surface area contributed by atoms with Crippen LogP contribution in [0, 0.1) is 0 Å². The van der Waals surface area contributed by atoms with Crippen molar-refractivity contribution in [2.45, 2.75) is 45.3 Å². The Balaban J connectivity index is 1.23. The van der Waals surface area contributed by atoms with E-state index in [1.165, 1.54) is 5.69 Å². The highest BCUT2D eigenvalue weighted by atomic mass is 16.6. The van der Waals surface area contributed by atoms with Crippen molar-refractivity contribution in [3.8, 4) is 0 Å². The average Bonchev–Trinajstić information content (AvgIpc) is 3.49. The van der Waals surface area contributed by atoms with E-state index in [0.29, 0.717) is 12.5 Å². The van der Waals surface area contributed by atoms with E-state index in [0.717, 1.165) is 62.6 Å². The number of likely N-dealkylation sites (tertiary alicyclic amines) is 1. The van der Waals surface area contributed by atoms with Crippen LogP contribution in [0.1, 0.15) is 33.6 Å². The summed E-state index contributed by atoms with van der Waals surface area (Å²) in [6, 6.07) is 12.5. The van der Waals surface area contributed by atoms with Crippen molar-refractivity contribution in [3.05, 3.63) is 42.6 Å². The van der Waals surface area contributed by atoms with Gasteiger partial charge in [0, 0.05) is 56.8 Å². The first-order chi connectivity index (χ1) is 17.7. The fourth-order valence-electron chi connectivity index (χ4n) is 4.88. The third kappa shape index (κ3) is 6.07. The molecule has 2 fully saturated rings. The van der Waals surface area contributed by atoms with Crippen LogP contribution >= 0.6 is 0 Å². The minimum atomic E-state index is -0.501. The molecule has 10 heteroatoms. The van der Waals surface area contributed by atoms with Gasteiger partial charge in [-0.2, -0.15) is 4.98 Å². The Morgan fingerprint density at radius 1 is 1.08 bits per heavy atom. The first kappa shape index (κ1) is 25.1. The number of carbonyl (C=O) groups is 1. The summed E-state index contributed by atoms with van der Waals surface area (Å²) >= 11 is 0. The maximum atomic E-state index is 12.6. The van der Waals surface area contributed by atoms with Gasteiger partial charge in [-0.05, 0) is 77.1 Å². The molecule has 198 valence electrons. The summed E-state index contributed by atoms with van der Waals surface area (Å²) in [7, 11) is 2.17. The molecule has 3 aromatic rings. The number of pyridine rings is 1. The lowest BCUT2D eigenvalue weighted by Crippen LogP contribution is -2.44. The van der Waals surface area contributed by atoms with E-state index >= 15 is 0 Å². The zero-order chi connectivity index (χ0) is 26.0. The largest absolute Gasteiger partial charge is 0.444 e. The van der Waals surface area contributed by atoms with Crippen molar-refractivity contribution in [3.63, 3.8) is 0 Å². The van der Waals surface area contributed by atoms with Gasteiger partial charge in [-0.3, -0.25) is 0 Å². The summed E-state index contributed by atoms with van der Waals surface area (Å²) in [5, 5.41) is 11.4. The van der Waals surface area contributed by atoms with Gasteiger partial charge in [-0.25, -0.2) is 9.31 Å². The van der Waals surface area contributed by atoms with Crippen LogP contribution in [0.15, 0.2) is 42.6 Å². The van der Waals surface area contributed by atoms with Crippen molar-refractivity contribution in [2.24, 2.45) is 0 Å². The fourth-order valence-corrected chi connectivity index (χ4v) is 4.88. The van der Waals surface area contributed by atoms with E-state index in [1.807, 2.05) is 44.0 Å². The topological polar surface area (TPSA) is 90.3 Å². The van der Waals surface area contributed by atoms with Crippen molar-refractivity contribution >= 4 is 34.8 Å². The SMILES string of the molecule is CN1CCN(c2ccc(Nc3nc4c(NCC5CCCN5C(=O)OC(C)(C)C)cccn4n3)cc2)CC1. The van der Waals surface area contributed by atoms with Gasteiger partial charge in [0.1, 0.15) is 5.60 Å². The normalized spacial score (nSPS) is 18.9. The molecule has 1 aromatic carbocycles. The summed E-state index contributed by atoms with van der Waals surface area (Å²) < 4.78 is 7.37. The van der Waals surface area contributed by atoms with Crippen molar-refractivity contribution < 1.29 is 9.53 Å². The highest BCUT2D eigenvalue weighted by Crippen LogP contribution is 2.25. The first-order valence-corrected chi connectivity index (χ1v) is 13.1. The molecular formula is C27H38N8O2. The second-order valence-corrected chi connectivity index (χ2v) is 10.9. The van der Waals surface area contributed by atoms with E-state index in [9.17, 15) is 4.79 Å². The van der Waals surface area contributed by atoms with E-state index in [1.54, 1.807) is 4.52 Å². The number of anilines is 4. The van der Waals surface area contributed by atoms with Crippen LogP contribution in [0.2, 0.25) is 0 Å². The third-order valence-corrected chi connectivity index (χ3v) is 6.89. The highest BCUT2D eigenvalue weighted by Gasteiger charge is 2.32. The molecule has 0 aliphatic carbocycles. The number of hydrogen-bond donors (Lipinski definition) is 2. The number of amides is 1. The summed E-state index contributed by atoms with van der Waals surface area (Å²) in [6.07, 6.45) is 3.56. The molecule has 2 aromatic heterocycles. The molecule has 0 saturated carbocycles. The minimum absolute atomic E-state index is 0.0782. The van der Waals surface area contributed by atoms with Crippen LogP contribution in [0.5, 0.6) is 0 Å². The minimum Gasteiger partial charge on any atom is -0.444 e. The lowest BCUT2D eigenvalue weighted by atomic mass is 10.2.